The Morgan fingerprint density at radius 2 is 1.97 bits per heavy atom. The number of likely N-dealkylation sites (tertiary alicyclic amines) is 1. The predicted molar refractivity (Wildman–Crippen MR) is 140 cm³/mol. The molecular formula is C27H41FN6O. The van der Waals surface area contributed by atoms with Crippen LogP contribution in [0.5, 0.6) is 0 Å². The average molecular weight is 485 g/mol. The number of nitrogens with two attached hydrogens (primary N) is 1. The second-order valence-corrected chi connectivity index (χ2v) is 9.99. The molecule has 0 amide bonds. The molecule has 192 valence electrons. The maximum Gasteiger partial charge on any atom is 0.138 e. The van der Waals surface area contributed by atoms with Gasteiger partial charge in [0, 0.05) is 62.1 Å². The largest absolute Gasteiger partial charge is 0.509 e. The third kappa shape index (κ3) is 6.05. The lowest BCUT2D eigenvalue weighted by molar-refractivity contribution is -0.00577. The smallest absolute Gasteiger partial charge is 0.138 e. The Balaban J connectivity index is 1.31. The SMILES string of the molecule is CCN=C(N)C1=CNC(N2CCN(C3CCN(Cc4ccc(C)cc4F)CC3)C(CC)C2)C(O)=C1. The summed E-state index contributed by atoms with van der Waals surface area (Å²) in [6.07, 6.45) is 6.65. The minimum Gasteiger partial charge on any atom is -0.509 e. The number of rotatable bonds is 7. The number of aryl methyl sites for hydroxylation is 1. The van der Waals surface area contributed by atoms with Crippen molar-refractivity contribution in [1.29, 1.82) is 0 Å². The highest BCUT2D eigenvalue weighted by atomic mass is 19.1. The molecule has 2 unspecified atom stereocenters. The topological polar surface area (TPSA) is 80.4 Å². The van der Waals surface area contributed by atoms with E-state index in [-0.39, 0.29) is 17.7 Å². The van der Waals surface area contributed by atoms with E-state index in [4.69, 9.17) is 5.73 Å². The zero-order valence-electron chi connectivity index (χ0n) is 21.4. The zero-order chi connectivity index (χ0) is 24.9. The molecule has 0 bridgehead atoms. The van der Waals surface area contributed by atoms with E-state index in [1.54, 1.807) is 12.1 Å². The number of hydrogen-bond donors (Lipinski definition) is 3. The number of amidine groups is 1. The van der Waals surface area contributed by atoms with Gasteiger partial charge in [-0.15, -0.1) is 0 Å². The van der Waals surface area contributed by atoms with E-state index >= 15 is 0 Å². The summed E-state index contributed by atoms with van der Waals surface area (Å²) in [5.74, 6) is 0.639. The molecule has 3 aliphatic rings. The third-order valence-electron chi connectivity index (χ3n) is 7.63. The summed E-state index contributed by atoms with van der Waals surface area (Å²) in [7, 11) is 0. The van der Waals surface area contributed by atoms with E-state index in [1.807, 2.05) is 32.2 Å². The molecule has 3 heterocycles. The fourth-order valence-corrected chi connectivity index (χ4v) is 5.64. The van der Waals surface area contributed by atoms with E-state index in [2.05, 4.69) is 31.9 Å². The van der Waals surface area contributed by atoms with Gasteiger partial charge in [0.1, 0.15) is 23.6 Å². The number of aliphatic hydroxyl groups is 1. The Bertz CT molecular complexity index is 968. The van der Waals surface area contributed by atoms with Gasteiger partial charge in [0.25, 0.3) is 0 Å². The predicted octanol–water partition coefficient (Wildman–Crippen LogP) is 3.13. The fraction of sp³-hybridized carbons (Fsp3) is 0.593. The lowest BCUT2D eigenvalue weighted by Crippen LogP contribution is -2.62. The van der Waals surface area contributed by atoms with Crippen molar-refractivity contribution in [2.24, 2.45) is 10.7 Å². The molecule has 0 aromatic heterocycles. The van der Waals surface area contributed by atoms with Crippen LogP contribution >= 0.6 is 0 Å². The maximum atomic E-state index is 14.3. The summed E-state index contributed by atoms with van der Waals surface area (Å²) in [6, 6.07) is 6.55. The number of benzene rings is 1. The first-order valence-electron chi connectivity index (χ1n) is 13.0. The van der Waals surface area contributed by atoms with Gasteiger partial charge in [0.05, 0.1) is 0 Å². The van der Waals surface area contributed by atoms with Gasteiger partial charge in [-0.2, -0.15) is 0 Å². The van der Waals surface area contributed by atoms with Gasteiger partial charge in [-0.05, 0) is 63.9 Å². The maximum absolute atomic E-state index is 14.3. The number of piperazine rings is 1. The number of piperidine rings is 1. The van der Waals surface area contributed by atoms with Crippen molar-refractivity contribution in [3.8, 4) is 0 Å². The molecule has 0 aliphatic carbocycles. The van der Waals surface area contributed by atoms with Gasteiger partial charge >= 0.3 is 0 Å². The first-order chi connectivity index (χ1) is 16.9. The Morgan fingerprint density at radius 1 is 1.20 bits per heavy atom. The first kappa shape index (κ1) is 25.7. The van der Waals surface area contributed by atoms with Crippen LogP contribution in [0.3, 0.4) is 0 Å². The van der Waals surface area contributed by atoms with Crippen molar-refractivity contribution < 1.29 is 9.50 Å². The van der Waals surface area contributed by atoms with Crippen molar-refractivity contribution in [3.63, 3.8) is 0 Å². The van der Waals surface area contributed by atoms with Gasteiger partial charge in [0.15, 0.2) is 0 Å². The van der Waals surface area contributed by atoms with Crippen molar-refractivity contribution in [3.05, 3.63) is 58.8 Å². The van der Waals surface area contributed by atoms with Crippen LogP contribution in [-0.2, 0) is 6.54 Å². The zero-order valence-corrected chi connectivity index (χ0v) is 21.4. The molecule has 0 spiro atoms. The van der Waals surface area contributed by atoms with E-state index < -0.39 is 0 Å². The quantitative estimate of drug-likeness (QED) is 0.408. The fourth-order valence-electron chi connectivity index (χ4n) is 5.64. The van der Waals surface area contributed by atoms with Crippen molar-refractivity contribution in [1.82, 2.24) is 20.0 Å². The number of aliphatic imine (C=N–C) groups is 1. The Hall–Kier alpha value is -2.42. The molecule has 4 N–H and O–H groups in total. The normalized spacial score (nSPS) is 25.8. The summed E-state index contributed by atoms with van der Waals surface area (Å²) < 4.78 is 14.3. The number of aliphatic hydroxyl groups excluding tert-OH is 1. The van der Waals surface area contributed by atoms with Crippen LogP contribution < -0.4 is 11.1 Å². The summed E-state index contributed by atoms with van der Waals surface area (Å²) in [4.78, 5) is 11.6. The molecule has 1 aromatic rings. The minimum atomic E-state index is -0.226. The van der Waals surface area contributed by atoms with Crippen LogP contribution in [0, 0.1) is 12.7 Å². The average Bonchev–Trinajstić information content (AvgIpc) is 2.86. The number of nitrogens with zero attached hydrogens (tertiary/aromatic N) is 4. The van der Waals surface area contributed by atoms with Crippen molar-refractivity contribution in [2.45, 2.75) is 64.8 Å². The standard InChI is InChI=1S/C27H41FN6O/c1-4-22-18-33(27-25(35)15-21(16-31-27)26(29)30-5-2)12-13-34(22)23-8-10-32(11-9-23)17-20-7-6-19(3)14-24(20)28/h6-7,14-16,22-23,27,31,35H,4-5,8-13,17-18H2,1-3H3,(H2,29,30). The van der Waals surface area contributed by atoms with Gasteiger partial charge < -0.3 is 16.2 Å². The molecule has 1 aromatic carbocycles. The third-order valence-corrected chi connectivity index (χ3v) is 7.63. The van der Waals surface area contributed by atoms with Crippen LogP contribution in [0.15, 0.2) is 46.8 Å². The lowest BCUT2D eigenvalue weighted by atomic mass is 9.97. The number of dihydropyridines is 1. The van der Waals surface area contributed by atoms with E-state index in [0.717, 1.165) is 68.7 Å². The molecule has 35 heavy (non-hydrogen) atoms. The van der Waals surface area contributed by atoms with Crippen LogP contribution in [0.25, 0.3) is 0 Å². The molecular weight excluding hydrogens is 443 g/mol. The molecule has 8 heteroatoms. The Labute approximate surface area is 209 Å². The highest BCUT2D eigenvalue weighted by Crippen LogP contribution is 2.26. The molecule has 7 nitrogen and oxygen atoms in total. The molecule has 3 aliphatic heterocycles. The second-order valence-electron chi connectivity index (χ2n) is 9.99. The van der Waals surface area contributed by atoms with E-state index in [0.29, 0.717) is 31.0 Å². The molecule has 0 radical (unpaired) electrons. The summed E-state index contributed by atoms with van der Waals surface area (Å²) in [5.41, 5.74) is 8.48. The lowest BCUT2D eigenvalue weighted by Gasteiger charge is -2.49. The highest BCUT2D eigenvalue weighted by molar-refractivity contribution is 5.99. The van der Waals surface area contributed by atoms with Crippen LogP contribution in [0.4, 0.5) is 4.39 Å². The molecule has 0 saturated carbocycles. The Morgan fingerprint density at radius 3 is 2.63 bits per heavy atom. The molecule has 2 atom stereocenters. The molecule has 2 saturated heterocycles. The van der Waals surface area contributed by atoms with Gasteiger partial charge in [-0.1, -0.05) is 19.1 Å². The number of halogens is 1. The second kappa shape index (κ2) is 11.5. The highest BCUT2D eigenvalue weighted by Gasteiger charge is 2.36. The van der Waals surface area contributed by atoms with Crippen molar-refractivity contribution in [2.75, 3.05) is 39.3 Å². The van der Waals surface area contributed by atoms with Crippen LogP contribution in [0.1, 0.15) is 44.2 Å². The van der Waals surface area contributed by atoms with Crippen LogP contribution in [0.2, 0.25) is 0 Å². The molecule has 4 rings (SSSR count). The van der Waals surface area contributed by atoms with E-state index in [9.17, 15) is 9.50 Å². The number of hydrogen-bond acceptors (Lipinski definition) is 6. The van der Waals surface area contributed by atoms with Crippen LogP contribution in [-0.4, -0.2) is 83.2 Å². The summed E-state index contributed by atoms with van der Waals surface area (Å²) in [6.45, 7) is 12.2. The summed E-state index contributed by atoms with van der Waals surface area (Å²) >= 11 is 0. The Kier molecular flexibility index (Phi) is 8.46. The van der Waals surface area contributed by atoms with Gasteiger partial charge in [-0.25, -0.2) is 4.39 Å². The van der Waals surface area contributed by atoms with Gasteiger partial charge in [-0.3, -0.25) is 19.7 Å². The van der Waals surface area contributed by atoms with Gasteiger partial charge in [0.2, 0.25) is 0 Å². The molecule has 2 fully saturated rings. The first-order valence-corrected chi connectivity index (χ1v) is 13.0. The minimum absolute atomic E-state index is 0.0924. The van der Waals surface area contributed by atoms with E-state index in [1.165, 1.54) is 0 Å². The van der Waals surface area contributed by atoms with Crippen molar-refractivity contribution >= 4 is 5.84 Å². The monoisotopic (exact) mass is 484 g/mol. The summed E-state index contributed by atoms with van der Waals surface area (Å²) in [5, 5.41) is 14.1. The number of nitrogens with one attached hydrogen (secondary N) is 1.